The molecule has 128 valence electrons. The maximum Gasteiger partial charge on any atom is 0.261 e. The molecule has 2 aromatic carbocycles. The number of aliphatic hydroxyl groups is 1. The quantitative estimate of drug-likeness (QED) is 0.743. The van der Waals surface area contributed by atoms with Crippen LogP contribution in [-0.4, -0.2) is 32.1 Å². The number of aryl methyl sites for hydroxylation is 1. The molecule has 6 nitrogen and oxygen atoms in total. The van der Waals surface area contributed by atoms with E-state index in [0.717, 1.165) is 5.56 Å². The first kappa shape index (κ1) is 18.0. The van der Waals surface area contributed by atoms with Gasteiger partial charge in [0.25, 0.3) is 15.9 Å². The number of hydrogen-bond donors (Lipinski definition) is 3. The van der Waals surface area contributed by atoms with E-state index in [9.17, 15) is 13.2 Å². The van der Waals surface area contributed by atoms with Crippen LogP contribution in [0.3, 0.4) is 0 Å². The van der Waals surface area contributed by atoms with E-state index in [1.165, 1.54) is 24.3 Å². The number of anilines is 1. The Kier molecular flexibility index (Phi) is 5.58. The van der Waals surface area contributed by atoms with E-state index in [2.05, 4.69) is 10.0 Å². The summed E-state index contributed by atoms with van der Waals surface area (Å²) in [5.41, 5.74) is 1.68. The van der Waals surface area contributed by atoms with E-state index in [1.807, 2.05) is 6.92 Å². The fraction of sp³-hybridized carbons (Fsp3) is 0.235. The fourth-order valence-corrected chi connectivity index (χ4v) is 3.10. The Bertz CT molecular complexity index is 817. The predicted octanol–water partition coefficient (Wildman–Crippen LogP) is 1.91. The number of aliphatic hydroxyl groups excluding tert-OH is 1. The van der Waals surface area contributed by atoms with Crippen molar-refractivity contribution in [2.24, 2.45) is 0 Å². The van der Waals surface area contributed by atoms with Crippen molar-refractivity contribution in [1.29, 1.82) is 0 Å². The summed E-state index contributed by atoms with van der Waals surface area (Å²) in [6.07, 6.45) is 0. The molecule has 0 aliphatic rings. The highest BCUT2D eigenvalue weighted by molar-refractivity contribution is 7.92. The largest absolute Gasteiger partial charge is 0.394 e. The van der Waals surface area contributed by atoms with E-state index in [1.54, 1.807) is 31.2 Å². The number of carbonyl (C=O) groups is 1. The van der Waals surface area contributed by atoms with Gasteiger partial charge in [0.05, 0.1) is 11.5 Å². The SMILES string of the molecule is Cc1ccc(NS(=O)(=O)c2cccc(C(=O)N[C@@H](C)CO)c2)cc1. The van der Waals surface area contributed by atoms with Gasteiger partial charge in [0, 0.05) is 17.3 Å². The Labute approximate surface area is 141 Å². The lowest BCUT2D eigenvalue weighted by atomic mass is 10.2. The minimum atomic E-state index is -3.80. The molecule has 0 spiro atoms. The maximum absolute atomic E-state index is 12.5. The highest BCUT2D eigenvalue weighted by atomic mass is 32.2. The number of hydrogen-bond acceptors (Lipinski definition) is 4. The molecule has 0 radical (unpaired) electrons. The average molecular weight is 348 g/mol. The Hall–Kier alpha value is -2.38. The van der Waals surface area contributed by atoms with Gasteiger partial charge in [0.2, 0.25) is 0 Å². The lowest BCUT2D eigenvalue weighted by molar-refractivity contribution is 0.0922. The Morgan fingerprint density at radius 2 is 1.83 bits per heavy atom. The first-order valence-electron chi connectivity index (χ1n) is 7.43. The summed E-state index contributed by atoms with van der Waals surface area (Å²) < 4.78 is 27.4. The topological polar surface area (TPSA) is 95.5 Å². The van der Waals surface area contributed by atoms with Gasteiger partial charge in [-0.25, -0.2) is 8.42 Å². The van der Waals surface area contributed by atoms with Crippen molar-refractivity contribution in [3.05, 3.63) is 59.7 Å². The third kappa shape index (κ3) is 4.56. The first-order chi connectivity index (χ1) is 11.3. The molecule has 0 aromatic heterocycles. The number of benzene rings is 2. The number of rotatable bonds is 6. The highest BCUT2D eigenvalue weighted by Gasteiger charge is 2.17. The van der Waals surface area contributed by atoms with E-state index in [-0.39, 0.29) is 17.1 Å². The summed E-state index contributed by atoms with van der Waals surface area (Å²) in [6.45, 7) is 3.36. The van der Waals surface area contributed by atoms with E-state index in [4.69, 9.17) is 5.11 Å². The Morgan fingerprint density at radius 3 is 2.46 bits per heavy atom. The lowest BCUT2D eigenvalue weighted by Gasteiger charge is -2.12. The van der Waals surface area contributed by atoms with Gasteiger partial charge in [0.15, 0.2) is 0 Å². The third-order valence-electron chi connectivity index (χ3n) is 3.36. The molecule has 0 saturated carbocycles. The van der Waals surface area contributed by atoms with Gasteiger partial charge in [-0.05, 0) is 44.2 Å². The van der Waals surface area contributed by atoms with E-state index < -0.39 is 22.0 Å². The van der Waals surface area contributed by atoms with Crippen molar-refractivity contribution < 1.29 is 18.3 Å². The van der Waals surface area contributed by atoms with Crippen molar-refractivity contribution in [3.63, 3.8) is 0 Å². The molecule has 3 N–H and O–H groups in total. The first-order valence-corrected chi connectivity index (χ1v) is 8.91. The molecule has 0 bridgehead atoms. The molecule has 0 saturated heterocycles. The van der Waals surface area contributed by atoms with Gasteiger partial charge in [0.1, 0.15) is 0 Å². The summed E-state index contributed by atoms with van der Waals surface area (Å²) in [5.74, 6) is -0.441. The van der Waals surface area contributed by atoms with Crippen molar-refractivity contribution in [2.45, 2.75) is 24.8 Å². The zero-order chi connectivity index (χ0) is 17.7. The maximum atomic E-state index is 12.5. The Balaban J connectivity index is 2.23. The van der Waals surface area contributed by atoms with Crippen LogP contribution in [0.15, 0.2) is 53.4 Å². The zero-order valence-electron chi connectivity index (χ0n) is 13.5. The molecular weight excluding hydrogens is 328 g/mol. The van der Waals surface area contributed by atoms with Crippen LogP contribution in [0.1, 0.15) is 22.8 Å². The molecule has 0 aliphatic heterocycles. The Morgan fingerprint density at radius 1 is 1.17 bits per heavy atom. The van der Waals surface area contributed by atoms with Crippen molar-refractivity contribution in [1.82, 2.24) is 5.32 Å². The second-order valence-corrected chi connectivity index (χ2v) is 7.24. The second-order valence-electron chi connectivity index (χ2n) is 5.56. The normalized spacial score (nSPS) is 12.5. The molecule has 1 amide bonds. The van der Waals surface area contributed by atoms with Crippen LogP contribution in [0, 0.1) is 6.92 Å². The monoisotopic (exact) mass is 348 g/mol. The summed E-state index contributed by atoms with van der Waals surface area (Å²) in [5, 5.41) is 11.6. The van der Waals surface area contributed by atoms with Crippen molar-refractivity contribution >= 4 is 21.6 Å². The van der Waals surface area contributed by atoms with Crippen LogP contribution in [0.5, 0.6) is 0 Å². The van der Waals surface area contributed by atoms with Crippen LogP contribution in [-0.2, 0) is 10.0 Å². The van der Waals surface area contributed by atoms with Gasteiger partial charge < -0.3 is 10.4 Å². The molecule has 0 aliphatic carbocycles. The van der Waals surface area contributed by atoms with Gasteiger partial charge in [-0.3, -0.25) is 9.52 Å². The minimum absolute atomic E-state index is 0.00706. The molecule has 2 rings (SSSR count). The fourth-order valence-electron chi connectivity index (χ4n) is 1.99. The highest BCUT2D eigenvalue weighted by Crippen LogP contribution is 2.17. The summed E-state index contributed by atoms with van der Waals surface area (Å²) in [7, 11) is -3.80. The molecule has 0 fully saturated rings. The third-order valence-corrected chi connectivity index (χ3v) is 4.74. The van der Waals surface area contributed by atoms with Gasteiger partial charge in [-0.2, -0.15) is 0 Å². The van der Waals surface area contributed by atoms with Crippen LogP contribution in [0.4, 0.5) is 5.69 Å². The molecule has 7 heteroatoms. The second kappa shape index (κ2) is 7.46. The van der Waals surface area contributed by atoms with E-state index >= 15 is 0 Å². The zero-order valence-corrected chi connectivity index (χ0v) is 14.3. The number of carbonyl (C=O) groups excluding carboxylic acids is 1. The molecule has 24 heavy (non-hydrogen) atoms. The minimum Gasteiger partial charge on any atom is -0.394 e. The number of sulfonamides is 1. The number of nitrogens with one attached hydrogen (secondary N) is 2. The van der Waals surface area contributed by atoms with Crippen LogP contribution >= 0.6 is 0 Å². The van der Waals surface area contributed by atoms with Gasteiger partial charge >= 0.3 is 0 Å². The smallest absolute Gasteiger partial charge is 0.261 e. The molecule has 0 unspecified atom stereocenters. The standard InChI is InChI=1S/C17H20N2O4S/c1-12-6-8-15(9-7-12)19-24(22,23)16-5-3-4-14(10-16)17(21)18-13(2)11-20/h3-10,13,19-20H,11H2,1-2H3,(H,18,21)/t13-/m0/s1. The average Bonchev–Trinajstić information content (AvgIpc) is 2.56. The van der Waals surface area contributed by atoms with Crippen molar-refractivity contribution in [2.75, 3.05) is 11.3 Å². The lowest BCUT2D eigenvalue weighted by Crippen LogP contribution is -2.35. The van der Waals surface area contributed by atoms with E-state index in [0.29, 0.717) is 5.69 Å². The molecular formula is C17H20N2O4S. The van der Waals surface area contributed by atoms with Crippen molar-refractivity contribution in [3.8, 4) is 0 Å². The molecule has 2 aromatic rings. The van der Waals surface area contributed by atoms with Crippen LogP contribution < -0.4 is 10.0 Å². The summed E-state index contributed by atoms with van der Waals surface area (Å²) in [6, 6.07) is 12.3. The number of amides is 1. The van der Waals surface area contributed by atoms with Crippen LogP contribution in [0.2, 0.25) is 0 Å². The molecule has 0 heterocycles. The molecule has 1 atom stereocenters. The summed E-state index contributed by atoms with van der Waals surface area (Å²) in [4.78, 5) is 12.0. The summed E-state index contributed by atoms with van der Waals surface area (Å²) >= 11 is 0. The van der Waals surface area contributed by atoms with Gasteiger partial charge in [-0.1, -0.05) is 23.8 Å². The predicted molar refractivity (Wildman–Crippen MR) is 92.4 cm³/mol. The van der Waals surface area contributed by atoms with Crippen LogP contribution in [0.25, 0.3) is 0 Å². The van der Waals surface area contributed by atoms with Gasteiger partial charge in [-0.15, -0.1) is 0 Å².